The average Bonchev–Trinajstić information content (AvgIpc) is 2.55. The number of H-pyrrole nitrogens is 2. The van der Waals surface area contributed by atoms with Crippen molar-refractivity contribution in [3.63, 3.8) is 0 Å². The lowest BCUT2D eigenvalue weighted by Crippen LogP contribution is -1.98. The van der Waals surface area contributed by atoms with E-state index >= 15 is 0 Å². The van der Waals surface area contributed by atoms with Crippen LogP contribution in [0.15, 0.2) is 0 Å². The van der Waals surface area contributed by atoms with Gasteiger partial charge in [-0.25, -0.2) is 4.98 Å². The molecule has 11 heavy (non-hydrogen) atoms. The number of nitrogens with zero attached hydrogens (tertiary/aromatic N) is 1. The SMILES string of the molecule is S=c1nc(C2CCSC2)[nH][nH]1. The second kappa shape index (κ2) is 2.98. The maximum absolute atomic E-state index is 4.86. The molecule has 0 saturated carbocycles. The van der Waals surface area contributed by atoms with E-state index in [-0.39, 0.29) is 0 Å². The third kappa shape index (κ3) is 1.49. The monoisotopic (exact) mass is 187 g/mol. The average molecular weight is 187 g/mol. The highest BCUT2D eigenvalue weighted by atomic mass is 32.2. The van der Waals surface area contributed by atoms with E-state index in [1.807, 2.05) is 11.8 Å². The zero-order chi connectivity index (χ0) is 7.68. The Labute approximate surface area is 74.0 Å². The van der Waals surface area contributed by atoms with E-state index in [1.165, 1.54) is 17.9 Å². The lowest BCUT2D eigenvalue weighted by atomic mass is 10.1. The number of nitrogens with one attached hydrogen (secondary N) is 2. The highest BCUT2D eigenvalue weighted by molar-refractivity contribution is 7.99. The summed E-state index contributed by atoms with van der Waals surface area (Å²) in [4.78, 5) is 4.18. The molecule has 1 aromatic heterocycles. The summed E-state index contributed by atoms with van der Waals surface area (Å²) in [7, 11) is 0. The zero-order valence-electron chi connectivity index (χ0n) is 5.96. The maximum Gasteiger partial charge on any atom is 0.213 e. The first-order chi connectivity index (χ1) is 5.36. The molecule has 0 bridgehead atoms. The second-order valence-electron chi connectivity index (χ2n) is 2.61. The molecule has 1 aromatic rings. The van der Waals surface area contributed by atoms with Crippen LogP contribution in [0, 0.1) is 4.77 Å². The molecular weight excluding hydrogens is 178 g/mol. The summed E-state index contributed by atoms with van der Waals surface area (Å²) in [5.41, 5.74) is 0. The van der Waals surface area contributed by atoms with Crippen molar-refractivity contribution in [1.29, 1.82) is 0 Å². The van der Waals surface area contributed by atoms with Crippen molar-refractivity contribution < 1.29 is 0 Å². The quantitative estimate of drug-likeness (QED) is 0.658. The van der Waals surface area contributed by atoms with E-state index in [4.69, 9.17) is 12.2 Å². The van der Waals surface area contributed by atoms with Crippen LogP contribution in [0.3, 0.4) is 0 Å². The summed E-state index contributed by atoms with van der Waals surface area (Å²) in [6.45, 7) is 0. The molecule has 5 heteroatoms. The van der Waals surface area contributed by atoms with E-state index in [2.05, 4.69) is 15.2 Å². The van der Waals surface area contributed by atoms with Crippen molar-refractivity contribution in [3.8, 4) is 0 Å². The number of aromatic nitrogens is 3. The summed E-state index contributed by atoms with van der Waals surface area (Å²) < 4.78 is 0.567. The smallest absolute Gasteiger partial charge is 0.213 e. The van der Waals surface area contributed by atoms with Crippen LogP contribution in [0.2, 0.25) is 0 Å². The number of aromatic amines is 2. The zero-order valence-corrected chi connectivity index (χ0v) is 7.60. The van der Waals surface area contributed by atoms with Gasteiger partial charge in [-0.3, -0.25) is 10.2 Å². The predicted octanol–water partition coefficient (Wildman–Crippen LogP) is 1.69. The molecule has 1 atom stereocenters. The summed E-state index contributed by atoms with van der Waals surface area (Å²) in [5.74, 6) is 4.04. The molecule has 0 amide bonds. The van der Waals surface area contributed by atoms with Crippen molar-refractivity contribution in [2.75, 3.05) is 11.5 Å². The number of hydrogen-bond acceptors (Lipinski definition) is 3. The first-order valence-electron chi connectivity index (χ1n) is 3.58. The Morgan fingerprint density at radius 3 is 3.00 bits per heavy atom. The fourth-order valence-corrected chi connectivity index (χ4v) is 2.60. The minimum absolute atomic E-state index is 0.567. The van der Waals surface area contributed by atoms with Gasteiger partial charge in [0.25, 0.3) is 0 Å². The lowest BCUT2D eigenvalue weighted by Gasteiger charge is -2.00. The molecule has 0 spiro atoms. The summed E-state index contributed by atoms with van der Waals surface area (Å²) in [5, 5.41) is 5.81. The summed E-state index contributed by atoms with van der Waals surface area (Å²) >= 11 is 6.84. The van der Waals surface area contributed by atoms with Crippen LogP contribution in [0.25, 0.3) is 0 Å². The Morgan fingerprint density at radius 1 is 1.55 bits per heavy atom. The normalized spacial score (nSPS) is 24.2. The van der Waals surface area contributed by atoms with Crippen molar-refractivity contribution in [1.82, 2.24) is 15.2 Å². The van der Waals surface area contributed by atoms with Gasteiger partial charge in [-0.15, -0.1) is 0 Å². The maximum atomic E-state index is 4.86. The molecular formula is C6H9N3S2. The van der Waals surface area contributed by atoms with Gasteiger partial charge in [-0.1, -0.05) is 0 Å². The molecule has 0 radical (unpaired) electrons. The largest absolute Gasteiger partial charge is 0.285 e. The van der Waals surface area contributed by atoms with Crippen LogP contribution in [0.4, 0.5) is 0 Å². The first-order valence-corrected chi connectivity index (χ1v) is 5.15. The number of thioether (sulfide) groups is 1. The number of hydrogen-bond donors (Lipinski definition) is 2. The third-order valence-electron chi connectivity index (χ3n) is 1.84. The Bertz CT molecular complexity index is 284. The van der Waals surface area contributed by atoms with Crippen molar-refractivity contribution in [2.45, 2.75) is 12.3 Å². The summed E-state index contributed by atoms with van der Waals surface area (Å²) in [6.07, 6.45) is 1.22. The van der Waals surface area contributed by atoms with Crippen molar-refractivity contribution in [3.05, 3.63) is 10.6 Å². The predicted molar refractivity (Wildman–Crippen MR) is 48.5 cm³/mol. The van der Waals surface area contributed by atoms with Gasteiger partial charge in [0.05, 0.1) is 0 Å². The summed E-state index contributed by atoms with van der Waals surface area (Å²) in [6, 6.07) is 0. The number of rotatable bonds is 1. The molecule has 1 saturated heterocycles. The van der Waals surface area contributed by atoms with Gasteiger partial charge in [0, 0.05) is 11.7 Å². The molecule has 1 unspecified atom stereocenters. The Kier molecular flexibility index (Phi) is 2.00. The van der Waals surface area contributed by atoms with Gasteiger partial charge < -0.3 is 0 Å². The van der Waals surface area contributed by atoms with Gasteiger partial charge in [-0.2, -0.15) is 11.8 Å². The van der Waals surface area contributed by atoms with Crippen molar-refractivity contribution in [2.24, 2.45) is 0 Å². The first kappa shape index (κ1) is 7.36. The van der Waals surface area contributed by atoms with Gasteiger partial charge in [0.15, 0.2) is 0 Å². The van der Waals surface area contributed by atoms with Crippen LogP contribution in [0.5, 0.6) is 0 Å². The Morgan fingerprint density at radius 2 is 2.45 bits per heavy atom. The molecule has 2 heterocycles. The van der Waals surface area contributed by atoms with Gasteiger partial charge in [0.1, 0.15) is 5.82 Å². The van der Waals surface area contributed by atoms with Crippen LogP contribution in [0.1, 0.15) is 18.2 Å². The van der Waals surface area contributed by atoms with E-state index < -0.39 is 0 Å². The van der Waals surface area contributed by atoms with Crippen LogP contribution >= 0.6 is 24.0 Å². The molecule has 1 aliphatic heterocycles. The topological polar surface area (TPSA) is 44.5 Å². The molecule has 2 N–H and O–H groups in total. The van der Waals surface area contributed by atoms with E-state index in [1.54, 1.807) is 0 Å². The molecule has 60 valence electrons. The molecule has 1 fully saturated rings. The lowest BCUT2D eigenvalue weighted by molar-refractivity contribution is 0.721. The Balaban J connectivity index is 2.21. The highest BCUT2D eigenvalue weighted by Crippen LogP contribution is 2.29. The van der Waals surface area contributed by atoms with Gasteiger partial charge in [0.2, 0.25) is 4.77 Å². The standard InChI is InChI=1S/C6H9N3S2/c10-6-7-5(8-9-6)4-1-2-11-3-4/h4H,1-3H2,(H2,7,8,9,10). The minimum Gasteiger partial charge on any atom is -0.285 e. The molecule has 2 rings (SSSR count). The third-order valence-corrected chi connectivity index (χ3v) is 3.19. The van der Waals surface area contributed by atoms with Gasteiger partial charge >= 0.3 is 0 Å². The van der Waals surface area contributed by atoms with Crippen LogP contribution in [-0.2, 0) is 0 Å². The van der Waals surface area contributed by atoms with Crippen LogP contribution < -0.4 is 0 Å². The second-order valence-corrected chi connectivity index (χ2v) is 4.15. The fraction of sp³-hybridized carbons (Fsp3) is 0.667. The van der Waals surface area contributed by atoms with Crippen molar-refractivity contribution >= 4 is 24.0 Å². The van der Waals surface area contributed by atoms with E-state index in [0.29, 0.717) is 10.7 Å². The molecule has 3 nitrogen and oxygen atoms in total. The Hall–Kier alpha value is -0.290. The molecule has 1 aliphatic rings. The minimum atomic E-state index is 0.567. The fourth-order valence-electron chi connectivity index (χ4n) is 1.23. The molecule has 0 aromatic carbocycles. The van der Waals surface area contributed by atoms with Gasteiger partial charge in [-0.05, 0) is 24.4 Å². The van der Waals surface area contributed by atoms with E-state index in [9.17, 15) is 0 Å². The van der Waals surface area contributed by atoms with Crippen LogP contribution in [-0.4, -0.2) is 26.7 Å². The molecule has 0 aliphatic carbocycles. The highest BCUT2D eigenvalue weighted by Gasteiger charge is 2.19. The van der Waals surface area contributed by atoms with E-state index in [0.717, 1.165) is 5.82 Å².